The summed E-state index contributed by atoms with van der Waals surface area (Å²) in [6.45, 7) is 5.13. The van der Waals surface area contributed by atoms with Gasteiger partial charge in [0.25, 0.3) is 0 Å². The Morgan fingerprint density at radius 3 is 2.85 bits per heavy atom. The van der Waals surface area contributed by atoms with Crippen LogP contribution in [-0.2, 0) is 18.3 Å². The lowest BCUT2D eigenvalue weighted by atomic mass is 9.99. The molecule has 0 radical (unpaired) electrons. The number of nitrogens with zero attached hydrogens (tertiary/aromatic N) is 4. The van der Waals surface area contributed by atoms with Gasteiger partial charge in [0.05, 0.1) is 17.3 Å². The second kappa shape index (κ2) is 9.72. The number of nitrogen functional groups attached to an aromatic ring is 1. The maximum Gasteiger partial charge on any atom is 0.239 e. The molecule has 0 bridgehead atoms. The fraction of sp³-hybridized carbons (Fsp3) is 0.333. The molecule has 9 nitrogen and oxygen atoms in total. The second-order valence-corrected chi connectivity index (χ2v) is 9.05. The van der Waals surface area contributed by atoms with Gasteiger partial charge in [-0.3, -0.25) is 4.79 Å². The van der Waals surface area contributed by atoms with E-state index in [2.05, 4.69) is 31.7 Å². The Kier molecular flexibility index (Phi) is 6.74. The Hall–Kier alpha value is -3.59. The van der Waals surface area contributed by atoms with E-state index in [4.69, 9.17) is 22.7 Å². The van der Waals surface area contributed by atoms with E-state index in [1.807, 2.05) is 26.0 Å². The fourth-order valence-electron chi connectivity index (χ4n) is 4.11. The minimum Gasteiger partial charge on any atom is -0.398 e. The first-order chi connectivity index (χ1) is 16.3. The van der Waals surface area contributed by atoms with E-state index in [1.165, 1.54) is 5.56 Å². The number of hydrogen-bond acceptors (Lipinski definition) is 7. The summed E-state index contributed by atoms with van der Waals surface area (Å²) < 4.78 is 1.65. The van der Waals surface area contributed by atoms with Crippen molar-refractivity contribution in [1.82, 2.24) is 20.1 Å². The van der Waals surface area contributed by atoms with Crippen LogP contribution in [0.1, 0.15) is 31.4 Å². The molecule has 2 aromatic carbocycles. The molecule has 4 rings (SSSR count). The summed E-state index contributed by atoms with van der Waals surface area (Å²) in [7, 11) is 1.80. The van der Waals surface area contributed by atoms with Crippen LogP contribution in [0.15, 0.2) is 30.3 Å². The van der Waals surface area contributed by atoms with E-state index in [1.54, 1.807) is 23.9 Å². The maximum atomic E-state index is 12.3. The lowest BCUT2D eigenvalue weighted by Crippen LogP contribution is -2.42. The molecular weight excluding hydrogens is 452 g/mol. The third-order valence-corrected chi connectivity index (χ3v) is 6.11. The van der Waals surface area contributed by atoms with Gasteiger partial charge in [0, 0.05) is 48.4 Å². The van der Waals surface area contributed by atoms with Crippen LogP contribution in [0.2, 0.25) is 5.02 Å². The summed E-state index contributed by atoms with van der Waals surface area (Å²) in [5.74, 6) is 1.13. The first kappa shape index (κ1) is 23.6. The number of nitrogens with one attached hydrogen (secondary N) is 3. The SMILES string of the molecule is CC(C)NC(=O)CN1CCCc2cc(-c3nc(Nc4ccc(N)c(C=N)c4Cl)n(C)n3)ccc21. The molecule has 0 saturated carbocycles. The minimum absolute atomic E-state index is 0.0292. The van der Waals surface area contributed by atoms with Crippen LogP contribution in [0.3, 0.4) is 0 Å². The Balaban J connectivity index is 1.57. The molecule has 178 valence electrons. The lowest BCUT2D eigenvalue weighted by molar-refractivity contribution is -0.120. The molecule has 2 heterocycles. The van der Waals surface area contributed by atoms with Gasteiger partial charge in [-0.1, -0.05) is 11.6 Å². The number of aryl methyl sites for hydroxylation is 2. The number of rotatable bonds is 7. The van der Waals surface area contributed by atoms with Crippen LogP contribution in [0.4, 0.5) is 23.0 Å². The van der Waals surface area contributed by atoms with E-state index in [0.29, 0.717) is 40.3 Å². The lowest BCUT2D eigenvalue weighted by Gasteiger charge is -2.31. The molecule has 1 amide bonds. The van der Waals surface area contributed by atoms with Crippen molar-refractivity contribution < 1.29 is 4.79 Å². The highest BCUT2D eigenvalue weighted by Gasteiger charge is 2.21. The van der Waals surface area contributed by atoms with Crippen molar-refractivity contribution in [2.45, 2.75) is 32.7 Å². The summed E-state index contributed by atoms with van der Waals surface area (Å²) in [6.07, 6.45) is 3.06. The average molecular weight is 481 g/mol. The van der Waals surface area contributed by atoms with Crippen LogP contribution in [0.25, 0.3) is 11.4 Å². The number of aromatic nitrogens is 3. The number of halogens is 1. The Morgan fingerprint density at radius 2 is 2.12 bits per heavy atom. The Morgan fingerprint density at radius 1 is 1.32 bits per heavy atom. The Labute approximate surface area is 203 Å². The van der Waals surface area contributed by atoms with E-state index in [9.17, 15) is 4.79 Å². The quantitative estimate of drug-likeness (QED) is 0.301. The number of anilines is 4. The molecule has 34 heavy (non-hydrogen) atoms. The van der Waals surface area contributed by atoms with Gasteiger partial charge in [0.1, 0.15) is 0 Å². The summed E-state index contributed by atoms with van der Waals surface area (Å²) in [6, 6.07) is 9.70. The number of benzene rings is 2. The van der Waals surface area contributed by atoms with Crippen LogP contribution < -0.4 is 21.3 Å². The van der Waals surface area contributed by atoms with Crippen LogP contribution in [-0.4, -0.2) is 46.0 Å². The van der Waals surface area contributed by atoms with Gasteiger partial charge in [-0.05, 0) is 62.6 Å². The molecule has 1 aliphatic rings. The highest BCUT2D eigenvalue weighted by Crippen LogP contribution is 2.33. The van der Waals surface area contributed by atoms with E-state index in [-0.39, 0.29) is 11.9 Å². The summed E-state index contributed by atoms with van der Waals surface area (Å²) in [5, 5.41) is 18.6. The van der Waals surface area contributed by atoms with Crippen molar-refractivity contribution >= 4 is 46.7 Å². The molecule has 1 aliphatic heterocycles. The zero-order chi connectivity index (χ0) is 24.4. The van der Waals surface area contributed by atoms with Gasteiger partial charge in [-0.15, -0.1) is 5.10 Å². The predicted molar refractivity (Wildman–Crippen MR) is 137 cm³/mol. The standard InChI is InChI=1S/C24H29ClN8O/c1-14(2)28-21(34)13-33-10-4-5-15-11-16(6-9-20(15)33)23-30-24(32(3)31-23)29-19-8-7-18(27)17(12-26)22(19)25/h6-9,11-12,14,26H,4-5,10,13,27H2,1-3H3,(H,28,34)(H,29,30,31). The highest BCUT2D eigenvalue weighted by atomic mass is 35.5. The number of nitrogens with two attached hydrogens (primary N) is 1. The van der Waals surface area contributed by atoms with Gasteiger partial charge in [-0.25, -0.2) is 4.68 Å². The van der Waals surface area contributed by atoms with Crippen molar-refractivity contribution in [2.24, 2.45) is 7.05 Å². The number of hydrogen-bond donors (Lipinski definition) is 4. The van der Waals surface area contributed by atoms with Crippen LogP contribution in [0.5, 0.6) is 0 Å². The van der Waals surface area contributed by atoms with Crippen LogP contribution in [0, 0.1) is 5.41 Å². The molecule has 0 atom stereocenters. The molecule has 0 aliphatic carbocycles. The third-order valence-electron chi connectivity index (χ3n) is 5.70. The van der Waals surface area contributed by atoms with Crippen molar-refractivity contribution in [3.8, 4) is 11.4 Å². The van der Waals surface area contributed by atoms with Crippen molar-refractivity contribution in [1.29, 1.82) is 5.41 Å². The molecule has 1 aromatic heterocycles. The van der Waals surface area contributed by atoms with E-state index in [0.717, 1.165) is 36.9 Å². The predicted octanol–water partition coefficient (Wildman–Crippen LogP) is 3.74. The van der Waals surface area contributed by atoms with Crippen molar-refractivity contribution in [2.75, 3.05) is 29.0 Å². The normalized spacial score (nSPS) is 13.0. The second-order valence-electron chi connectivity index (χ2n) is 8.67. The van der Waals surface area contributed by atoms with Gasteiger partial charge >= 0.3 is 0 Å². The topological polar surface area (TPSA) is 125 Å². The van der Waals surface area contributed by atoms with Crippen molar-refractivity contribution in [3.05, 3.63) is 46.5 Å². The van der Waals surface area contributed by atoms with Gasteiger partial charge in [0.15, 0.2) is 5.82 Å². The summed E-state index contributed by atoms with van der Waals surface area (Å²) in [4.78, 5) is 19.1. The molecule has 0 spiro atoms. The van der Waals surface area contributed by atoms with E-state index >= 15 is 0 Å². The maximum absolute atomic E-state index is 12.3. The molecule has 3 aromatic rings. The van der Waals surface area contributed by atoms with E-state index < -0.39 is 0 Å². The fourth-order valence-corrected chi connectivity index (χ4v) is 4.38. The zero-order valence-corrected chi connectivity index (χ0v) is 20.3. The molecule has 0 saturated heterocycles. The summed E-state index contributed by atoms with van der Waals surface area (Å²) in [5.41, 5.74) is 10.5. The first-order valence-electron chi connectivity index (χ1n) is 11.2. The highest BCUT2D eigenvalue weighted by molar-refractivity contribution is 6.36. The monoisotopic (exact) mass is 480 g/mol. The zero-order valence-electron chi connectivity index (χ0n) is 19.5. The number of fused-ring (bicyclic) bond motifs is 1. The number of carbonyl (C=O) groups excluding carboxylic acids is 1. The molecule has 0 unspecified atom stereocenters. The van der Waals surface area contributed by atoms with Gasteiger partial charge < -0.3 is 26.7 Å². The number of carbonyl (C=O) groups is 1. The molecule has 10 heteroatoms. The molecular formula is C24H29ClN8O. The number of amides is 1. The van der Waals surface area contributed by atoms with Crippen molar-refractivity contribution in [3.63, 3.8) is 0 Å². The molecule has 0 fully saturated rings. The largest absolute Gasteiger partial charge is 0.398 e. The Bertz CT molecular complexity index is 1240. The van der Waals surface area contributed by atoms with Crippen LogP contribution >= 0.6 is 11.6 Å². The third kappa shape index (κ3) is 4.84. The van der Waals surface area contributed by atoms with Gasteiger partial charge in [-0.2, -0.15) is 4.98 Å². The summed E-state index contributed by atoms with van der Waals surface area (Å²) >= 11 is 6.41. The van der Waals surface area contributed by atoms with Gasteiger partial charge in [0.2, 0.25) is 11.9 Å². The minimum atomic E-state index is 0.0292. The average Bonchev–Trinajstić information content (AvgIpc) is 3.15. The molecule has 5 N–H and O–H groups in total. The smallest absolute Gasteiger partial charge is 0.239 e. The first-order valence-corrected chi connectivity index (χ1v) is 11.6.